The molecule has 0 atom stereocenters. The van der Waals surface area contributed by atoms with Gasteiger partial charge >= 0.3 is 17.8 Å². The molecule has 0 spiro atoms. The van der Waals surface area contributed by atoms with Crippen molar-refractivity contribution in [3.05, 3.63) is 41.6 Å². The van der Waals surface area contributed by atoms with Gasteiger partial charge in [-0.3, -0.25) is 4.79 Å². The van der Waals surface area contributed by atoms with Crippen molar-refractivity contribution in [1.82, 2.24) is 10.2 Å². The van der Waals surface area contributed by atoms with Crippen molar-refractivity contribution in [3.63, 3.8) is 0 Å². The average molecular weight is 289 g/mol. The number of ether oxygens (including phenoxy) is 1. The van der Waals surface area contributed by atoms with Gasteiger partial charge in [0.05, 0.1) is 18.4 Å². The number of carbonyl (C=O) groups excluding carboxylic acids is 2. The Kier molecular flexibility index (Phi) is 4.32. The van der Waals surface area contributed by atoms with Gasteiger partial charge in [-0.2, -0.15) is 0 Å². The number of anilines is 1. The molecule has 0 unspecified atom stereocenters. The van der Waals surface area contributed by atoms with Crippen LogP contribution in [0.15, 0.2) is 28.7 Å². The van der Waals surface area contributed by atoms with E-state index >= 15 is 0 Å². The Labute approximate surface area is 121 Å². The van der Waals surface area contributed by atoms with Crippen LogP contribution in [0.25, 0.3) is 0 Å². The van der Waals surface area contributed by atoms with E-state index in [1.807, 2.05) is 13.8 Å². The molecule has 1 aromatic heterocycles. The highest BCUT2D eigenvalue weighted by Crippen LogP contribution is 2.18. The zero-order chi connectivity index (χ0) is 15.4. The van der Waals surface area contributed by atoms with Crippen molar-refractivity contribution < 1.29 is 18.7 Å². The molecule has 1 heterocycles. The molecule has 0 aliphatic heterocycles. The summed E-state index contributed by atoms with van der Waals surface area (Å²) in [7, 11) is 1.27. The van der Waals surface area contributed by atoms with Crippen molar-refractivity contribution in [2.75, 3.05) is 12.4 Å². The van der Waals surface area contributed by atoms with E-state index in [9.17, 15) is 9.59 Å². The van der Waals surface area contributed by atoms with Gasteiger partial charge in [-0.15, -0.1) is 10.2 Å². The number of rotatable bonds is 4. The van der Waals surface area contributed by atoms with Crippen LogP contribution in [0.3, 0.4) is 0 Å². The maximum atomic E-state index is 12.1. The van der Waals surface area contributed by atoms with Gasteiger partial charge in [-0.05, 0) is 12.1 Å². The number of aromatic nitrogens is 2. The molecule has 1 amide bonds. The first kappa shape index (κ1) is 14.7. The second-order valence-corrected chi connectivity index (χ2v) is 4.59. The molecule has 0 saturated carbocycles. The average Bonchev–Trinajstić information content (AvgIpc) is 2.97. The van der Waals surface area contributed by atoms with E-state index in [1.54, 1.807) is 24.3 Å². The molecule has 0 bridgehead atoms. The van der Waals surface area contributed by atoms with Crippen LogP contribution in [0.1, 0.15) is 46.7 Å². The lowest BCUT2D eigenvalue weighted by atomic mass is 10.2. The number of carbonyl (C=O) groups is 2. The van der Waals surface area contributed by atoms with Crippen molar-refractivity contribution in [3.8, 4) is 0 Å². The number of benzene rings is 1. The minimum atomic E-state index is -0.578. The largest absolute Gasteiger partial charge is 0.465 e. The highest BCUT2D eigenvalue weighted by Gasteiger charge is 2.19. The third kappa shape index (κ3) is 3.25. The van der Waals surface area contributed by atoms with Gasteiger partial charge in [-0.1, -0.05) is 26.0 Å². The first-order chi connectivity index (χ1) is 10.0. The van der Waals surface area contributed by atoms with Gasteiger partial charge in [-0.25, -0.2) is 4.79 Å². The number of amides is 1. The molecule has 0 saturated heterocycles. The summed E-state index contributed by atoms with van der Waals surface area (Å²) in [6, 6.07) is 6.50. The van der Waals surface area contributed by atoms with Gasteiger partial charge in [0.15, 0.2) is 0 Å². The van der Waals surface area contributed by atoms with Crippen LogP contribution in [-0.2, 0) is 4.74 Å². The summed E-state index contributed by atoms with van der Waals surface area (Å²) in [5, 5.41) is 10.0. The van der Waals surface area contributed by atoms with Crippen LogP contribution >= 0.6 is 0 Å². The highest BCUT2D eigenvalue weighted by atomic mass is 16.5. The first-order valence-electron chi connectivity index (χ1n) is 6.35. The fourth-order valence-electron chi connectivity index (χ4n) is 1.62. The molecule has 2 aromatic rings. The van der Waals surface area contributed by atoms with Crippen LogP contribution in [-0.4, -0.2) is 29.2 Å². The van der Waals surface area contributed by atoms with Gasteiger partial charge in [0.25, 0.3) is 0 Å². The van der Waals surface area contributed by atoms with Crippen LogP contribution in [0.5, 0.6) is 0 Å². The van der Waals surface area contributed by atoms with Gasteiger partial charge in [0.1, 0.15) is 0 Å². The molecular weight excluding hydrogens is 274 g/mol. The Morgan fingerprint density at radius 3 is 2.57 bits per heavy atom. The predicted octanol–water partition coefficient (Wildman–Crippen LogP) is 2.23. The van der Waals surface area contributed by atoms with Crippen LogP contribution in [0.4, 0.5) is 5.69 Å². The summed E-state index contributed by atoms with van der Waals surface area (Å²) in [6.07, 6.45) is 0. The van der Waals surface area contributed by atoms with E-state index in [2.05, 4.69) is 20.3 Å². The van der Waals surface area contributed by atoms with E-state index in [4.69, 9.17) is 4.42 Å². The number of para-hydroxylation sites is 1. The summed E-state index contributed by atoms with van der Waals surface area (Å²) >= 11 is 0. The second kappa shape index (κ2) is 6.17. The molecule has 1 aromatic carbocycles. The number of esters is 1. The van der Waals surface area contributed by atoms with Gasteiger partial charge in [0, 0.05) is 5.92 Å². The van der Waals surface area contributed by atoms with E-state index in [0.29, 0.717) is 11.6 Å². The standard InChI is InChI=1S/C14H15N3O4/c1-8(2)12-16-17-13(21-12)11(18)15-10-7-5-4-6-9(10)14(19)20-3/h4-8H,1-3H3,(H,15,18). The summed E-state index contributed by atoms with van der Waals surface area (Å²) in [5.74, 6) is -0.869. The molecule has 0 fully saturated rings. The quantitative estimate of drug-likeness (QED) is 0.867. The third-order valence-corrected chi connectivity index (χ3v) is 2.71. The molecule has 7 nitrogen and oxygen atoms in total. The lowest BCUT2D eigenvalue weighted by Gasteiger charge is -2.07. The molecule has 0 aliphatic rings. The Balaban J connectivity index is 2.21. The Morgan fingerprint density at radius 2 is 1.95 bits per heavy atom. The Bertz CT molecular complexity index is 664. The fraction of sp³-hybridized carbons (Fsp3) is 0.286. The SMILES string of the molecule is COC(=O)c1ccccc1NC(=O)c1nnc(C(C)C)o1. The maximum Gasteiger partial charge on any atom is 0.339 e. The molecule has 7 heteroatoms. The molecule has 2 rings (SSSR count). The molecule has 110 valence electrons. The monoisotopic (exact) mass is 289 g/mol. The van der Waals surface area contributed by atoms with Crippen LogP contribution < -0.4 is 5.32 Å². The Morgan fingerprint density at radius 1 is 1.24 bits per heavy atom. The zero-order valence-electron chi connectivity index (χ0n) is 11.9. The summed E-state index contributed by atoms with van der Waals surface area (Å²) in [6.45, 7) is 3.75. The molecule has 0 aliphatic carbocycles. The fourth-order valence-corrected chi connectivity index (χ4v) is 1.62. The topological polar surface area (TPSA) is 94.3 Å². The van der Waals surface area contributed by atoms with E-state index in [1.165, 1.54) is 7.11 Å². The van der Waals surface area contributed by atoms with Crippen LogP contribution in [0.2, 0.25) is 0 Å². The third-order valence-electron chi connectivity index (χ3n) is 2.71. The first-order valence-corrected chi connectivity index (χ1v) is 6.35. The summed E-state index contributed by atoms with van der Waals surface area (Å²) < 4.78 is 9.91. The second-order valence-electron chi connectivity index (χ2n) is 4.59. The summed E-state index contributed by atoms with van der Waals surface area (Å²) in [4.78, 5) is 23.7. The lowest BCUT2D eigenvalue weighted by Crippen LogP contribution is -2.15. The van der Waals surface area contributed by atoms with Crippen LogP contribution in [0, 0.1) is 0 Å². The molecule has 21 heavy (non-hydrogen) atoms. The van der Waals surface area contributed by atoms with Crippen molar-refractivity contribution in [2.24, 2.45) is 0 Å². The molecule has 1 N–H and O–H groups in total. The normalized spacial score (nSPS) is 10.5. The van der Waals surface area contributed by atoms with Crippen molar-refractivity contribution in [1.29, 1.82) is 0 Å². The van der Waals surface area contributed by atoms with E-state index in [-0.39, 0.29) is 17.4 Å². The van der Waals surface area contributed by atoms with Gasteiger partial charge in [0.2, 0.25) is 5.89 Å². The number of hydrogen-bond acceptors (Lipinski definition) is 6. The van der Waals surface area contributed by atoms with E-state index in [0.717, 1.165) is 0 Å². The maximum absolute atomic E-state index is 12.1. The van der Waals surface area contributed by atoms with Crippen molar-refractivity contribution >= 4 is 17.6 Å². The lowest BCUT2D eigenvalue weighted by molar-refractivity contribution is 0.0602. The molecular formula is C14H15N3O4. The van der Waals surface area contributed by atoms with Gasteiger partial charge < -0.3 is 14.5 Å². The minimum absolute atomic E-state index is 0.0291. The van der Waals surface area contributed by atoms with Crippen molar-refractivity contribution in [2.45, 2.75) is 19.8 Å². The minimum Gasteiger partial charge on any atom is -0.465 e. The zero-order valence-corrected chi connectivity index (χ0v) is 11.9. The summed E-state index contributed by atoms with van der Waals surface area (Å²) in [5.41, 5.74) is 0.565. The number of hydrogen-bond donors (Lipinski definition) is 1. The van der Waals surface area contributed by atoms with E-state index < -0.39 is 11.9 Å². The smallest absolute Gasteiger partial charge is 0.339 e. The predicted molar refractivity (Wildman–Crippen MR) is 74.1 cm³/mol. The molecule has 0 radical (unpaired) electrons. The Hall–Kier alpha value is -2.70. The number of nitrogens with zero attached hydrogens (tertiary/aromatic N) is 2. The number of methoxy groups -OCH3 is 1. The number of nitrogens with one attached hydrogen (secondary N) is 1. The highest BCUT2D eigenvalue weighted by molar-refractivity contribution is 6.05.